The minimum atomic E-state index is -0.429. The van der Waals surface area contributed by atoms with Crippen molar-refractivity contribution >= 4 is 6.03 Å². The van der Waals surface area contributed by atoms with Gasteiger partial charge in [0, 0.05) is 12.7 Å². The van der Waals surface area contributed by atoms with Crippen LogP contribution in [-0.2, 0) is 0 Å². The van der Waals surface area contributed by atoms with Crippen LogP contribution in [0.25, 0.3) is 0 Å². The number of aryl methyl sites for hydroxylation is 1. The first-order valence-corrected chi connectivity index (χ1v) is 5.34. The summed E-state index contributed by atoms with van der Waals surface area (Å²) in [5, 5.41) is 12.0. The number of aromatic nitrogens is 1. The number of urea groups is 1. The lowest BCUT2D eigenvalue weighted by molar-refractivity contribution is 0.171. The topological polar surface area (TPSA) is 66.6 Å². The van der Waals surface area contributed by atoms with E-state index >= 15 is 0 Å². The molecule has 0 bridgehead atoms. The van der Waals surface area contributed by atoms with E-state index in [1.54, 1.807) is 12.1 Å². The third kappa shape index (κ3) is 3.76. The summed E-state index contributed by atoms with van der Waals surface area (Å²) in [7, 11) is 0. The van der Waals surface area contributed by atoms with Crippen molar-refractivity contribution in [3.8, 4) is 0 Å². The minimum Gasteiger partial charge on any atom is -0.427 e. The zero-order valence-electron chi connectivity index (χ0n) is 9.60. The molecule has 0 aromatic carbocycles. The third-order valence-corrected chi connectivity index (χ3v) is 2.09. The summed E-state index contributed by atoms with van der Waals surface area (Å²) in [6.45, 7) is 4.52. The van der Waals surface area contributed by atoms with Gasteiger partial charge in [0.05, 0.1) is 0 Å². The average Bonchev–Trinajstić information content (AvgIpc) is 2.24. The van der Waals surface area contributed by atoms with E-state index in [2.05, 4.69) is 10.3 Å². The summed E-state index contributed by atoms with van der Waals surface area (Å²) < 4.78 is 0.826. The highest BCUT2D eigenvalue weighted by Crippen LogP contribution is 1.89. The van der Waals surface area contributed by atoms with E-state index in [1.165, 1.54) is 6.20 Å². The first-order valence-electron chi connectivity index (χ1n) is 5.34. The lowest BCUT2D eigenvalue weighted by atomic mass is 10.3. The molecule has 1 aromatic heterocycles. The van der Waals surface area contributed by atoms with Crippen molar-refractivity contribution in [2.45, 2.75) is 26.7 Å². The lowest BCUT2D eigenvalue weighted by Gasteiger charge is -2.01. The third-order valence-electron chi connectivity index (χ3n) is 2.09. The van der Waals surface area contributed by atoms with Crippen LogP contribution in [0.2, 0.25) is 0 Å². The standard InChI is InChI=1S/C11H17N3O2/c1-3-4-6-12-11(15)13-10-8-9(2)5-7-14(10)16/h5,7-8,16H,3-4,6H2,1-2H3,(H,12,15)/b13-10+. The van der Waals surface area contributed by atoms with Gasteiger partial charge in [-0.05, 0) is 31.0 Å². The molecule has 2 N–H and O–H groups in total. The normalized spacial score (nSPS) is 11.5. The molecular formula is C11H17N3O2. The van der Waals surface area contributed by atoms with Crippen LogP contribution in [0.3, 0.4) is 0 Å². The van der Waals surface area contributed by atoms with E-state index in [1.807, 2.05) is 13.8 Å². The quantitative estimate of drug-likeness (QED) is 0.601. The van der Waals surface area contributed by atoms with E-state index in [0.717, 1.165) is 23.1 Å². The molecule has 0 radical (unpaired) electrons. The van der Waals surface area contributed by atoms with E-state index in [9.17, 15) is 10.0 Å². The van der Waals surface area contributed by atoms with E-state index in [0.29, 0.717) is 6.54 Å². The van der Waals surface area contributed by atoms with Gasteiger partial charge >= 0.3 is 6.03 Å². The van der Waals surface area contributed by atoms with Crippen molar-refractivity contribution in [2.75, 3.05) is 6.54 Å². The zero-order chi connectivity index (χ0) is 12.0. The van der Waals surface area contributed by atoms with E-state index in [-0.39, 0.29) is 5.49 Å². The van der Waals surface area contributed by atoms with Gasteiger partial charge in [0.1, 0.15) is 0 Å². The Balaban J connectivity index is 2.74. The van der Waals surface area contributed by atoms with Crippen molar-refractivity contribution in [3.05, 3.63) is 29.4 Å². The predicted molar refractivity (Wildman–Crippen MR) is 60.2 cm³/mol. The first-order chi connectivity index (χ1) is 7.63. The van der Waals surface area contributed by atoms with Crippen molar-refractivity contribution < 1.29 is 10.0 Å². The summed E-state index contributed by atoms with van der Waals surface area (Å²) in [6, 6.07) is 2.94. The molecule has 1 aromatic rings. The van der Waals surface area contributed by atoms with Gasteiger partial charge < -0.3 is 10.5 Å². The Morgan fingerprint density at radius 3 is 3.06 bits per heavy atom. The highest BCUT2D eigenvalue weighted by molar-refractivity contribution is 5.74. The van der Waals surface area contributed by atoms with Crippen LogP contribution in [0, 0.1) is 6.92 Å². The Hall–Kier alpha value is -1.78. The van der Waals surface area contributed by atoms with Gasteiger partial charge in [-0.25, -0.2) is 4.79 Å². The second kappa shape index (κ2) is 5.95. The molecule has 2 amide bonds. The molecule has 0 spiro atoms. The van der Waals surface area contributed by atoms with Crippen LogP contribution in [0.5, 0.6) is 0 Å². The number of unbranched alkanes of at least 4 members (excludes halogenated alkanes) is 1. The van der Waals surface area contributed by atoms with Crippen LogP contribution in [0.1, 0.15) is 25.3 Å². The molecule has 0 saturated carbocycles. The SMILES string of the molecule is CCCCNC(=O)/N=c1\cc(C)ccn1O. The minimum absolute atomic E-state index is 0.231. The van der Waals surface area contributed by atoms with Gasteiger partial charge in [-0.15, -0.1) is 0 Å². The number of hydrogen-bond donors (Lipinski definition) is 2. The number of hydrogen-bond acceptors (Lipinski definition) is 2. The Bertz CT molecular complexity index is 423. The summed E-state index contributed by atoms with van der Waals surface area (Å²) in [6.07, 6.45) is 3.40. The molecule has 5 nitrogen and oxygen atoms in total. The summed E-state index contributed by atoms with van der Waals surface area (Å²) in [4.78, 5) is 15.1. The molecule has 0 aliphatic heterocycles. The van der Waals surface area contributed by atoms with Gasteiger partial charge in [-0.1, -0.05) is 13.3 Å². The highest BCUT2D eigenvalue weighted by Gasteiger charge is 1.97. The zero-order valence-corrected chi connectivity index (χ0v) is 9.60. The predicted octanol–water partition coefficient (Wildman–Crippen LogP) is 1.44. The summed E-state index contributed by atoms with van der Waals surface area (Å²) in [5.74, 6) is 0. The van der Waals surface area contributed by atoms with Crippen LogP contribution in [0.4, 0.5) is 4.79 Å². The maximum atomic E-state index is 11.3. The smallest absolute Gasteiger partial charge is 0.343 e. The van der Waals surface area contributed by atoms with Crippen LogP contribution in [-0.4, -0.2) is 22.5 Å². The Morgan fingerprint density at radius 2 is 2.38 bits per heavy atom. The molecule has 0 fully saturated rings. The fourth-order valence-corrected chi connectivity index (χ4v) is 1.18. The van der Waals surface area contributed by atoms with Crippen molar-refractivity contribution in [2.24, 2.45) is 4.99 Å². The number of rotatable bonds is 3. The van der Waals surface area contributed by atoms with E-state index in [4.69, 9.17) is 0 Å². The highest BCUT2D eigenvalue weighted by atomic mass is 16.5. The molecule has 1 rings (SSSR count). The largest absolute Gasteiger partial charge is 0.427 e. The van der Waals surface area contributed by atoms with Gasteiger partial charge in [0.15, 0.2) is 5.49 Å². The Labute approximate surface area is 94.4 Å². The number of pyridine rings is 1. The lowest BCUT2D eigenvalue weighted by Crippen LogP contribution is -2.26. The number of carbonyl (C=O) groups is 1. The maximum absolute atomic E-state index is 11.3. The average molecular weight is 223 g/mol. The molecule has 0 aliphatic carbocycles. The molecule has 0 unspecified atom stereocenters. The van der Waals surface area contributed by atoms with Gasteiger partial charge in [0.25, 0.3) is 0 Å². The number of carbonyl (C=O) groups excluding carboxylic acids is 1. The number of nitrogens with zero attached hydrogens (tertiary/aromatic N) is 2. The Kier molecular flexibility index (Phi) is 4.57. The molecule has 1 heterocycles. The van der Waals surface area contributed by atoms with E-state index < -0.39 is 6.03 Å². The van der Waals surface area contributed by atoms with Gasteiger partial charge in [0.2, 0.25) is 0 Å². The fraction of sp³-hybridized carbons (Fsp3) is 0.455. The number of amides is 2. The monoisotopic (exact) mass is 223 g/mol. The molecule has 16 heavy (non-hydrogen) atoms. The van der Waals surface area contributed by atoms with Gasteiger partial charge in [-0.3, -0.25) is 0 Å². The molecule has 88 valence electrons. The second-order valence-corrected chi connectivity index (χ2v) is 3.60. The second-order valence-electron chi connectivity index (χ2n) is 3.60. The maximum Gasteiger partial charge on any atom is 0.343 e. The molecule has 0 saturated heterocycles. The molecular weight excluding hydrogens is 206 g/mol. The fourth-order valence-electron chi connectivity index (χ4n) is 1.18. The van der Waals surface area contributed by atoms with Gasteiger partial charge in [-0.2, -0.15) is 9.72 Å². The Morgan fingerprint density at radius 1 is 1.62 bits per heavy atom. The van der Waals surface area contributed by atoms with Crippen LogP contribution in [0.15, 0.2) is 23.3 Å². The number of nitrogens with one attached hydrogen (secondary N) is 1. The van der Waals surface area contributed by atoms with Crippen molar-refractivity contribution in [3.63, 3.8) is 0 Å². The van der Waals surface area contributed by atoms with Crippen molar-refractivity contribution in [1.29, 1.82) is 0 Å². The molecule has 5 heteroatoms. The summed E-state index contributed by atoms with van der Waals surface area (Å²) in [5.41, 5.74) is 1.17. The van der Waals surface area contributed by atoms with Crippen molar-refractivity contribution in [1.82, 2.24) is 10.0 Å². The molecule has 0 aliphatic rings. The van der Waals surface area contributed by atoms with Crippen LogP contribution < -0.4 is 10.8 Å². The summed E-state index contributed by atoms with van der Waals surface area (Å²) >= 11 is 0. The molecule has 0 atom stereocenters. The van der Waals surface area contributed by atoms with Crippen LogP contribution >= 0.6 is 0 Å². The first kappa shape index (κ1) is 12.3.